The molecule has 0 atom stereocenters. The molecule has 0 spiro atoms. The Balaban J connectivity index is 0. The van der Waals surface area contributed by atoms with E-state index in [4.69, 9.17) is 0 Å². The number of hydrogen-bond donors (Lipinski definition) is 0. The van der Waals surface area contributed by atoms with Crippen LogP contribution in [0.15, 0.2) is 0 Å². The number of carbonyl (C=O) groups is 1. The van der Waals surface area contributed by atoms with E-state index in [0.29, 0.717) is 0 Å². The summed E-state index contributed by atoms with van der Waals surface area (Å²) in [7, 11) is 0. The van der Waals surface area contributed by atoms with Gasteiger partial charge in [-0.1, -0.05) is 96.8 Å². The van der Waals surface area contributed by atoms with E-state index in [1.165, 1.54) is 83.5 Å². The Morgan fingerprint density at radius 1 is 0.625 bits per heavy atom. The molecule has 0 fully saturated rings. The SMILES string of the molecule is CCCCCCCCCCCCCCCCCC(=O)[O-].[CH3][Sn+]([CH3])[CH3]. The zero-order chi connectivity index (χ0) is 18.5. The molecular formula is C21H44O2Sn. The molecule has 144 valence electrons. The summed E-state index contributed by atoms with van der Waals surface area (Å²) in [6.07, 6.45) is 19.9. The zero-order valence-electron chi connectivity index (χ0n) is 17.1. The second kappa shape index (κ2) is 23.3. The summed E-state index contributed by atoms with van der Waals surface area (Å²) in [6, 6.07) is 0. The van der Waals surface area contributed by atoms with Gasteiger partial charge in [-0.2, -0.15) is 0 Å². The molecule has 0 saturated carbocycles. The van der Waals surface area contributed by atoms with Crippen LogP contribution >= 0.6 is 0 Å². The van der Waals surface area contributed by atoms with E-state index in [-0.39, 0.29) is 6.42 Å². The monoisotopic (exact) mass is 448 g/mol. The van der Waals surface area contributed by atoms with Crippen molar-refractivity contribution in [1.29, 1.82) is 0 Å². The van der Waals surface area contributed by atoms with Gasteiger partial charge in [0, 0.05) is 5.97 Å². The minimum absolute atomic E-state index is 0.234. The molecule has 0 aromatic heterocycles. The van der Waals surface area contributed by atoms with Gasteiger partial charge in [0.2, 0.25) is 0 Å². The van der Waals surface area contributed by atoms with Crippen LogP contribution in [0.1, 0.15) is 110 Å². The van der Waals surface area contributed by atoms with E-state index in [1.807, 2.05) is 0 Å². The molecule has 24 heavy (non-hydrogen) atoms. The second-order valence-corrected chi connectivity index (χ2v) is 16.1. The second-order valence-electron chi connectivity index (χ2n) is 7.57. The molecule has 0 rings (SSSR count). The molecule has 0 bridgehead atoms. The van der Waals surface area contributed by atoms with Crippen molar-refractivity contribution in [2.24, 2.45) is 0 Å². The topological polar surface area (TPSA) is 40.1 Å². The first-order chi connectivity index (χ1) is 11.5. The van der Waals surface area contributed by atoms with Gasteiger partial charge < -0.3 is 9.90 Å². The third-order valence-corrected chi connectivity index (χ3v) is 3.98. The van der Waals surface area contributed by atoms with Crippen molar-refractivity contribution in [3.8, 4) is 0 Å². The molecule has 0 aromatic rings. The summed E-state index contributed by atoms with van der Waals surface area (Å²) in [4.78, 5) is 17.3. The predicted octanol–water partition coefficient (Wildman–Crippen LogP) is 6.37. The molecule has 3 heteroatoms. The van der Waals surface area contributed by atoms with E-state index in [0.717, 1.165) is 12.8 Å². The summed E-state index contributed by atoms with van der Waals surface area (Å²) in [5.74, 6) is -0.903. The number of hydrogen-bond acceptors (Lipinski definition) is 2. The summed E-state index contributed by atoms with van der Waals surface area (Å²) >= 11 is -0.543. The van der Waals surface area contributed by atoms with Crippen LogP contribution in [-0.2, 0) is 4.79 Å². The van der Waals surface area contributed by atoms with Gasteiger partial charge in [0.1, 0.15) is 0 Å². The third kappa shape index (κ3) is 33.8. The Morgan fingerprint density at radius 2 is 0.875 bits per heavy atom. The molecule has 0 amide bonds. The normalized spacial score (nSPS) is 10.2. The molecule has 0 aliphatic carbocycles. The molecule has 0 aliphatic rings. The summed E-state index contributed by atoms with van der Waals surface area (Å²) in [5, 5.41) is 10.2. The number of rotatable bonds is 16. The number of unbranched alkanes of at least 4 members (excludes halogenated alkanes) is 14. The fourth-order valence-corrected chi connectivity index (χ4v) is 2.64. The number of carboxylic acid groups (broad SMARTS) is 1. The standard InChI is InChI=1S/C18H36O2.3CH3.Sn/c1-2-3-4-5-6-7-8-9-10-11-12-13-14-15-16-17-18(19)20;;;;/h2-17H2,1H3,(H,19,20);3*1H3;/q;;;;+1/p-1. The van der Waals surface area contributed by atoms with Crippen LogP contribution in [0.2, 0.25) is 14.8 Å². The molecule has 0 heterocycles. The maximum absolute atomic E-state index is 10.2. The first-order valence-electron chi connectivity index (χ1n) is 10.5. The van der Waals surface area contributed by atoms with Crippen LogP contribution in [0.5, 0.6) is 0 Å². The minimum atomic E-state index is -0.903. The molecule has 0 N–H and O–H groups in total. The van der Waals surface area contributed by atoms with Gasteiger partial charge >= 0.3 is 34.6 Å². The number of carbonyl (C=O) groups excluding carboxylic acids is 1. The summed E-state index contributed by atoms with van der Waals surface area (Å²) in [5.41, 5.74) is 0. The van der Waals surface area contributed by atoms with E-state index < -0.39 is 25.7 Å². The average molecular weight is 447 g/mol. The van der Waals surface area contributed by atoms with E-state index >= 15 is 0 Å². The number of aliphatic carboxylic acids is 1. The quantitative estimate of drug-likeness (QED) is 0.204. The van der Waals surface area contributed by atoms with Crippen molar-refractivity contribution in [2.75, 3.05) is 0 Å². The van der Waals surface area contributed by atoms with Crippen LogP contribution in [-0.4, -0.2) is 25.7 Å². The fourth-order valence-electron chi connectivity index (χ4n) is 2.64. The first kappa shape index (κ1) is 26.5. The van der Waals surface area contributed by atoms with Crippen molar-refractivity contribution < 1.29 is 9.90 Å². The molecular weight excluding hydrogens is 403 g/mol. The van der Waals surface area contributed by atoms with E-state index in [9.17, 15) is 9.90 Å². The van der Waals surface area contributed by atoms with E-state index in [1.54, 1.807) is 0 Å². The molecule has 2 nitrogen and oxygen atoms in total. The van der Waals surface area contributed by atoms with Crippen molar-refractivity contribution in [1.82, 2.24) is 0 Å². The zero-order valence-corrected chi connectivity index (χ0v) is 20.0. The fraction of sp³-hybridized carbons (Fsp3) is 0.952. The molecule has 0 aromatic carbocycles. The van der Waals surface area contributed by atoms with Gasteiger partial charge in [0.05, 0.1) is 0 Å². The van der Waals surface area contributed by atoms with Crippen molar-refractivity contribution >= 4 is 25.7 Å². The Bertz CT molecular complexity index is 239. The molecule has 0 radical (unpaired) electrons. The predicted molar refractivity (Wildman–Crippen MR) is 108 cm³/mol. The van der Waals surface area contributed by atoms with Gasteiger partial charge in [-0.05, 0) is 12.8 Å². The van der Waals surface area contributed by atoms with Crippen LogP contribution in [0.3, 0.4) is 0 Å². The van der Waals surface area contributed by atoms with Gasteiger partial charge in [-0.25, -0.2) is 0 Å². The van der Waals surface area contributed by atoms with Crippen LogP contribution in [0, 0.1) is 0 Å². The van der Waals surface area contributed by atoms with Crippen molar-refractivity contribution in [2.45, 2.75) is 124 Å². The molecule has 0 unspecified atom stereocenters. The summed E-state index contributed by atoms with van der Waals surface area (Å²) in [6.45, 7) is 2.27. The van der Waals surface area contributed by atoms with Gasteiger partial charge in [0.25, 0.3) is 0 Å². The molecule has 0 aliphatic heterocycles. The first-order valence-corrected chi connectivity index (χ1v) is 19.0. The Labute approximate surface area is 159 Å². The van der Waals surface area contributed by atoms with Gasteiger partial charge in [-0.3, -0.25) is 0 Å². The Kier molecular flexibility index (Phi) is 25.7. The van der Waals surface area contributed by atoms with Crippen LogP contribution in [0.25, 0.3) is 0 Å². The van der Waals surface area contributed by atoms with Gasteiger partial charge in [-0.15, -0.1) is 0 Å². The Morgan fingerprint density at radius 3 is 1.12 bits per heavy atom. The van der Waals surface area contributed by atoms with Crippen molar-refractivity contribution in [3.05, 3.63) is 0 Å². The third-order valence-electron chi connectivity index (χ3n) is 3.98. The van der Waals surface area contributed by atoms with Crippen LogP contribution in [0.4, 0.5) is 0 Å². The van der Waals surface area contributed by atoms with Crippen LogP contribution < -0.4 is 5.11 Å². The Hall–Kier alpha value is 0.269. The van der Waals surface area contributed by atoms with Crippen molar-refractivity contribution in [3.63, 3.8) is 0 Å². The van der Waals surface area contributed by atoms with E-state index in [2.05, 4.69) is 21.7 Å². The maximum atomic E-state index is 10.2. The average Bonchev–Trinajstić information content (AvgIpc) is 2.50. The molecule has 0 saturated heterocycles. The summed E-state index contributed by atoms with van der Waals surface area (Å²) < 4.78 is 0. The number of carboxylic acids is 1. The van der Waals surface area contributed by atoms with Gasteiger partial charge in [0.15, 0.2) is 0 Å².